The van der Waals surface area contributed by atoms with Crippen molar-refractivity contribution in [3.63, 3.8) is 0 Å². The smallest absolute Gasteiger partial charge is 0.243 e. The molecule has 3 aromatic carbocycles. The minimum absolute atomic E-state index is 0.00573. The summed E-state index contributed by atoms with van der Waals surface area (Å²) in [7, 11) is -3.59. The molecule has 1 saturated heterocycles. The van der Waals surface area contributed by atoms with E-state index in [2.05, 4.69) is 0 Å². The summed E-state index contributed by atoms with van der Waals surface area (Å²) in [6.07, 6.45) is 0. The van der Waals surface area contributed by atoms with Gasteiger partial charge in [-0.3, -0.25) is 4.79 Å². The van der Waals surface area contributed by atoms with Crippen LogP contribution in [0.15, 0.2) is 83.8 Å². The summed E-state index contributed by atoms with van der Waals surface area (Å²) in [6.45, 7) is 5.03. The van der Waals surface area contributed by atoms with Crippen LogP contribution in [-0.4, -0.2) is 49.7 Å². The van der Waals surface area contributed by atoms with Crippen LogP contribution in [0, 0.1) is 13.8 Å². The van der Waals surface area contributed by atoms with E-state index in [-0.39, 0.29) is 19.0 Å². The molecular weight excluding hydrogens is 420 g/mol. The van der Waals surface area contributed by atoms with Gasteiger partial charge in [0.25, 0.3) is 0 Å². The second-order valence-electron chi connectivity index (χ2n) is 8.25. The van der Waals surface area contributed by atoms with Gasteiger partial charge in [-0.25, -0.2) is 8.42 Å². The molecule has 3 aromatic rings. The lowest BCUT2D eigenvalue weighted by Gasteiger charge is -2.36. The van der Waals surface area contributed by atoms with Gasteiger partial charge in [0.15, 0.2) is 0 Å². The van der Waals surface area contributed by atoms with Crippen molar-refractivity contribution >= 4 is 15.9 Å². The van der Waals surface area contributed by atoms with Crippen molar-refractivity contribution in [1.29, 1.82) is 0 Å². The Balaban J connectivity index is 1.54. The van der Waals surface area contributed by atoms with Gasteiger partial charge >= 0.3 is 0 Å². The van der Waals surface area contributed by atoms with Gasteiger partial charge in [0.05, 0.1) is 10.8 Å². The molecular formula is C26H28N2O3S. The second kappa shape index (κ2) is 9.27. The van der Waals surface area contributed by atoms with Gasteiger partial charge in [0, 0.05) is 26.2 Å². The fourth-order valence-corrected chi connectivity index (χ4v) is 5.96. The topological polar surface area (TPSA) is 57.7 Å². The first-order chi connectivity index (χ1) is 15.4. The summed E-state index contributed by atoms with van der Waals surface area (Å²) in [5.41, 5.74) is 3.53. The first-order valence-corrected chi connectivity index (χ1v) is 12.3. The normalized spacial score (nSPS) is 15.2. The molecule has 0 N–H and O–H groups in total. The van der Waals surface area contributed by atoms with E-state index in [1.54, 1.807) is 11.0 Å². The standard InChI is InChI=1S/C26H28N2O3S/c1-20-13-14-21(2)24(19-20)32(30,31)28-17-15-27(16-18-28)26(29)25(22-9-5-3-6-10-22)23-11-7-4-8-12-23/h3-14,19,25H,15-18H2,1-2H3. The molecule has 1 aliphatic heterocycles. The molecule has 5 nitrogen and oxygen atoms in total. The van der Waals surface area contributed by atoms with Crippen LogP contribution in [0.5, 0.6) is 0 Å². The van der Waals surface area contributed by atoms with E-state index in [1.165, 1.54) is 4.31 Å². The van der Waals surface area contributed by atoms with Crippen LogP contribution in [0.2, 0.25) is 0 Å². The highest BCUT2D eigenvalue weighted by atomic mass is 32.2. The lowest BCUT2D eigenvalue weighted by atomic mass is 9.90. The maximum absolute atomic E-state index is 13.6. The average molecular weight is 449 g/mol. The molecule has 0 unspecified atom stereocenters. The molecule has 0 aromatic heterocycles. The summed E-state index contributed by atoms with van der Waals surface area (Å²) in [6, 6.07) is 25.0. The summed E-state index contributed by atoms with van der Waals surface area (Å²) >= 11 is 0. The first-order valence-electron chi connectivity index (χ1n) is 10.8. The number of aryl methyl sites for hydroxylation is 2. The second-order valence-corrected chi connectivity index (χ2v) is 10.2. The Kier molecular flexibility index (Phi) is 6.44. The van der Waals surface area contributed by atoms with Crippen LogP contribution in [0.3, 0.4) is 0 Å². The van der Waals surface area contributed by atoms with Gasteiger partial charge in [0.2, 0.25) is 15.9 Å². The number of rotatable bonds is 5. The lowest BCUT2D eigenvalue weighted by Crippen LogP contribution is -2.51. The average Bonchev–Trinajstić information content (AvgIpc) is 2.82. The molecule has 0 bridgehead atoms. The molecule has 0 saturated carbocycles. The van der Waals surface area contributed by atoms with Crippen LogP contribution in [-0.2, 0) is 14.8 Å². The van der Waals surface area contributed by atoms with E-state index in [4.69, 9.17) is 0 Å². The molecule has 0 aliphatic carbocycles. The van der Waals surface area contributed by atoms with E-state index in [0.717, 1.165) is 22.3 Å². The highest BCUT2D eigenvalue weighted by molar-refractivity contribution is 7.89. The molecule has 1 heterocycles. The number of nitrogens with zero attached hydrogens (tertiary/aromatic N) is 2. The fraction of sp³-hybridized carbons (Fsp3) is 0.269. The minimum atomic E-state index is -3.59. The number of hydrogen-bond acceptors (Lipinski definition) is 3. The summed E-state index contributed by atoms with van der Waals surface area (Å²) in [5.74, 6) is -0.397. The molecule has 4 rings (SSSR count). The maximum Gasteiger partial charge on any atom is 0.243 e. The van der Waals surface area contributed by atoms with Crippen LogP contribution >= 0.6 is 0 Å². The van der Waals surface area contributed by atoms with Crippen LogP contribution in [0.25, 0.3) is 0 Å². The number of benzene rings is 3. The van der Waals surface area contributed by atoms with Crippen LogP contribution in [0.4, 0.5) is 0 Å². The Morgan fingerprint density at radius 2 is 1.31 bits per heavy atom. The number of amides is 1. The lowest BCUT2D eigenvalue weighted by molar-refractivity contribution is -0.133. The van der Waals surface area contributed by atoms with Crippen molar-refractivity contribution in [1.82, 2.24) is 9.21 Å². The Hall–Kier alpha value is -2.96. The number of hydrogen-bond donors (Lipinski definition) is 0. The quantitative estimate of drug-likeness (QED) is 0.594. The summed E-state index contributed by atoms with van der Waals surface area (Å²) in [4.78, 5) is 15.7. The molecule has 0 atom stereocenters. The van der Waals surface area contributed by atoms with Crippen molar-refractivity contribution in [2.24, 2.45) is 0 Å². The predicted octanol–water partition coefficient (Wildman–Crippen LogP) is 3.97. The zero-order valence-electron chi connectivity index (χ0n) is 18.4. The molecule has 32 heavy (non-hydrogen) atoms. The zero-order chi connectivity index (χ0) is 22.7. The Bertz CT molecular complexity index is 1150. The Morgan fingerprint density at radius 1 is 0.781 bits per heavy atom. The monoisotopic (exact) mass is 448 g/mol. The third-order valence-electron chi connectivity index (χ3n) is 6.02. The van der Waals surface area contributed by atoms with E-state index in [1.807, 2.05) is 86.6 Å². The highest BCUT2D eigenvalue weighted by Gasteiger charge is 2.34. The van der Waals surface area contributed by atoms with Crippen molar-refractivity contribution in [2.75, 3.05) is 26.2 Å². The molecule has 0 spiro atoms. The van der Waals surface area contributed by atoms with Crippen LogP contribution in [0.1, 0.15) is 28.2 Å². The van der Waals surface area contributed by atoms with Crippen molar-refractivity contribution in [2.45, 2.75) is 24.7 Å². The van der Waals surface area contributed by atoms with Gasteiger partial charge in [-0.1, -0.05) is 72.8 Å². The molecule has 166 valence electrons. The largest absolute Gasteiger partial charge is 0.339 e. The van der Waals surface area contributed by atoms with Gasteiger partial charge in [0.1, 0.15) is 0 Å². The molecule has 1 amide bonds. The predicted molar refractivity (Wildman–Crippen MR) is 126 cm³/mol. The fourth-order valence-electron chi connectivity index (χ4n) is 4.22. The number of carbonyl (C=O) groups is 1. The van der Waals surface area contributed by atoms with Gasteiger partial charge < -0.3 is 4.90 Å². The van der Waals surface area contributed by atoms with E-state index in [0.29, 0.717) is 18.0 Å². The van der Waals surface area contributed by atoms with Crippen molar-refractivity contribution in [3.8, 4) is 0 Å². The third-order valence-corrected chi connectivity index (χ3v) is 8.07. The summed E-state index contributed by atoms with van der Waals surface area (Å²) < 4.78 is 28.0. The maximum atomic E-state index is 13.6. The molecule has 0 radical (unpaired) electrons. The van der Waals surface area contributed by atoms with Crippen LogP contribution < -0.4 is 0 Å². The van der Waals surface area contributed by atoms with E-state index < -0.39 is 15.9 Å². The minimum Gasteiger partial charge on any atom is -0.339 e. The first kappa shape index (κ1) is 22.2. The number of sulfonamides is 1. The van der Waals surface area contributed by atoms with Gasteiger partial charge in [-0.2, -0.15) is 4.31 Å². The van der Waals surface area contributed by atoms with Gasteiger partial charge in [-0.15, -0.1) is 0 Å². The Labute approximate surface area is 190 Å². The SMILES string of the molecule is Cc1ccc(C)c(S(=O)(=O)N2CCN(C(=O)C(c3ccccc3)c3ccccc3)CC2)c1. The molecule has 1 fully saturated rings. The molecule has 1 aliphatic rings. The van der Waals surface area contributed by atoms with Crippen molar-refractivity contribution < 1.29 is 13.2 Å². The highest BCUT2D eigenvalue weighted by Crippen LogP contribution is 2.28. The van der Waals surface area contributed by atoms with Gasteiger partial charge in [-0.05, 0) is 42.2 Å². The van der Waals surface area contributed by atoms with E-state index >= 15 is 0 Å². The number of piperazine rings is 1. The van der Waals surface area contributed by atoms with Crippen molar-refractivity contribution in [3.05, 3.63) is 101 Å². The van der Waals surface area contributed by atoms with E-state index in [9.17, 15) is 13.2 Å². The third kappa shape index (κ3) is 4.47. The Morgan fingerprint density at radius 3 is 1.84 bits per heavy atom. The number of carbonyl (C=O) groups excluding carboxylic acids is 1. The zero-order valence-corrected chi connectivity index (χ0v) is 19.3. The summed E-state index contributed by atoms with van der Waals surface area (Å²) in [5, 5.41) is 0. The molecule has 6 heteroatoms.